The lowest BCUT2D eigenvalue weighted by Crippen LogP contribution is -2.30. The van der Waals surface area contributed by atoms with Crippen LogP contribution in [-0.2, 0) is 20.9 Å². The highest BCUT2D eigenvalue weighted by Gasteiger charge is 2.42. The third-order valence-electron chi connectivity index (χ3n) is 4.78. The van der Waals surface area contributed by atoms with Gasteiger partial charge in [-0.1, -0.05) is 35.9 Å². The number of likely N-dealkylation sites (tertiary alicyclic amines) is 1. The SMILES string of the molecule is CCOCc1cccc(NC(=O)C2CC(=O)N(C)C2c2cccc(Cl)c2)c1. The molecule has 2 amide bonds. The quantitative estimate of drug-likeness (QED) is 0.815. The molecule has 2 aromatic rings. The van der Waals surface area contributed by atoms with Gasteiger partial charge in [0.25, 0.3) is 0 Å². The molecule has 2 unspecified atom stereocenters. The monoisotopic (exact) mass is 386 g/mol. The smallest absolute Gasteiger partial charge is 0.230 e. The number of ether oxygens (including phenoxy) is 1. The van der Waals surface area contributed by atoms with Crippen molar-refractivity contribution in [3.63, 3.8) is 0 Å². The lowest BCUT2D eigenvalue weighted by molar-refractivity contribution is -0.127. The number of rotatable bonds is 6. The number of carbonyl (C=O) groups excluding carboxylic acids is 2. The van der Waals surface area contributed by atoms with E-state index >= 15 is 0 Å². The highest BCUT2D eigenvalue weighted by molar-refractivity contribution is 6.30. The average Bonchev–Trinajstić information content (AvgIpc) is 2.95. The van der Waals surface area contributed by atoms with E-state index < -0.39 is 5.92 Å². The number of benzene rings is 2. The molecular weight excluding hydrogens is 364 g/mol. The molecule has 1 N–H and O–H groups in total. The number of hydrogen-bond donors (Lipinski definition) is 1. The van der Waals surface area contributed by atoms with Crippen LogP contribution in [0.2, 0.25) is 5.02 Å². The molecule has 2 aromatic carbocycles. The van der Waals surface area contributed by atoms with Gasteiger partial charge in [0.2, 0.25) is 11.8 Å². The molecule has 2 atom stereocenters. The minimum Gasteiger partial charge on any atom is -0.377 e. The first-order chi connectivity index (χ1) is 13.0. The Balaban J connectivity index is 1.79. The third kappa shape index (κ3) is 4.49. The number of halogens is 1. The molecule has 27 heavy (non-hydrogen) atoms. The van der Waals surface area contributed by atoms with E-state index in [4.69, 9.17) is 16.3 Å². The van der Waals surface area contributed by atoms with E-state index in [1.165, 1.54) is 0 Å². The topological polar surface area (TPSA) is 58.6 Å². The van der Waals surface area contributed by atoms with Crippen LogP contribution in [0.4, 0.5) is 5.69 Å². The van der Waals surface area contributed by atoms with E-state index in [1.807, 2.05) is 49.4 Å². The molecule has 0 bridgehead atoms. The van der Waals surface area contributed by atoms with Crippen molar-refractivity contribution in [2.75, 3.05) is 19.0 Å². The van der Waals surface area contributed by atoms with E-state index in [0.717, 1.165) is 11.1 Å². The Bertz CT molecular complexity index is 840. The Hall–Kier alpha value is -2.37. The van der Waals surface area contributed by atoms with Crippen LogP contribution in [0.15, 0.2) is 48.5 Å². The summed E-state index contributed by atoms with van der Waals surface area (Å²) in [5.41, 5.74) is 2.55. The summed E-state index contributed by atoms with van der Waals surface area (Å²) in [5.74, 6) is -0.701. The van der Waals surface area contributed by atoms with E-state index in [0.29, 0.717) is 23.9 Å². The first-order valence-electron chi connectivity index (χ1n) is 8.98. The second-order valence-corrected chi connectivity index (χ2v) is 7.08. The zero-order valence-electron chi connectivity index (χ0n) is 15.4. The molecule has 142 valence electrons. The molecule has 0 saturated carbocycles. The third-order valence-corrected chi connectivity index (χ3v) is 5.02. The van der Waals surface area contributed by atoms with Crippen LogP contribution in [0.5, 0.6) is 0 Å². The number of carbonyl (C=O) groups is 2. The minimum absolute atomic E-state index is 0.0507. The number of hydrogen-bond acceptors (Lipinski definition) is 3. The molecule has 0 aliphatic carbocycles. The van der Waals surface area contributed by atoms with Gasteiger partial charge in [0.15, 0.2) is 0 Å². The maximum Gasteiger partial charge on any atom is 0.230 e. The summed E-state index contributed by atoms with van der Waals surface area (Å²) in [4.78, 5) is 26.9. The number of nitrogens with zero attached hydrogens (tertiary/aromatic N) is 1. The van der Waals surface area contributed by atoms with Crippen LogP contribution >= 0.6 is 11.6 Å². The van der Waals surface area contributed by atoms with Gasteiger partial charge >= 0.3 is 0 Å². The zero-order valence-corrected chi connectivity index (χ0v) is 16.2. The van der Waals surface area contributed by atoms with Crippen molar-refractivity contribution in [2.24, 2.45) is 5.92 Å². The van der Waals surface area contributed by atoms with Gasteiger partial charge in [-0.05, 0) is 42.3 Å². The van der Waals surface area contributed by atoms with Gasteiger partial charge in [0.1, 0.15) is 0 Å². The Labute approximate surface area is 164 Å². The van der Waals surface area contributed by atoms with Crippen LogP contribution in [0.25, 0.3) is 0 Å². The van der Waals surface area contributed by atoms with Crippen molar-refractivity contribution in [1.82, 2.24) is 4.90 Å². The predicted molar refractivity (Wildman–Crippen MR) is 105 cm³/mol. The summed E-state index contributed by atoms with van der Waals surface area (Å²) in [6.45, 7) is 3.07. The van der Waals surface area contributed by atoms with Gasteiger partial charge < -0.3 is 15.0 Å². The highest BCUT2D eigenvalue weighted by atomic mass is 35.5. The maximum atomic E-state index is 12.9. The molecule has 1 aliphatic heterocycles. The lowest BCUT2D eigenvalue weighted by atomic mass is 9.93. The normalized spacial score (nSPS) is 19.4. The molecule has 1 aliphatic rings. The lowest BCUT2D eigenvalue weighted by Gasteiger charge is -2.25. The second-order valence-electron chi connectivity index (χ2n) is 6.64. The molecular formula is C21H23ClN2O3. The number of anilines is 1. The maximum absolute atomic E-state index is 12.9. The molecule has 1 saturated heterocycles. The molecule has 5 nitrogen and oxygen atoms in total. The zero-order chi connectivity index (χ0) is 19.4. The highest BCUT2D eigenvalue weighted by Crippen LogP contribution is 2.38. The van der Waals surface area contributed by atoms with Crippen molar-refractivity contribution in [3.05, 3.63) is 64.7 Å². The van der Waals surface area contributed by atoms with E-state index in [2.05, 4.69) is 5.32 Å². The van der Waals surface area contributed by atoms with Crippen LogP contribution in [0, 0.1) is 5.92 Å². The van der Waals surface area contributed by atoms with E-state index in [1.54, 1.807) is 18.0 Å². The van der Waals surface area contributed by atoms with Gasteiger partial charge in [-0.3, -0.25) is 9.59 Å². The number of amides is 2. The summed E-state index contributed by atoms with van der Waals surface area (Å²) in [6, 6.07) is 14.5. The molecule has 6 heteroatoms. The molecule has 0 spiro atoms. The van der Waals surface area contributed by atoms with E-state index in [9.17, 15) is 9.59 Å². The fraction of sp³-hybridized carbons (Fsp3) is 0.333. The summed E-state index contributed by atoms with van der Waals surface area (Å²) in [6.07, 6.45) is 0.179. The molecule has 1 heterocycles. The Morgan fingerprint density at radius 2 is 2.04 bits per heavy atom. The van der Waals surface area contributed by atoms with Crippen molar-refractivity contribution in [3.8, 4) is 0 Å². The van der Waals surface area contributed by atoms with Crippen LogP contribution in [-0.4, -0.2) is 30.4 Å². The van der Waals surface area contributed by atoms with Gasteiger partial charge in [0, 0.05) is 30.8 Å². The Morgan fingerprint density at radius 1 is 1.26 bits per heavy atom. The molecule has 0 radical (unpaired) electrons. The van der Waals surface area contributed by atoms with Gasteiger partial charge in [-0.15, -0.1) is 0 Å². The first kappa shape index (κ1) is 19.4. The van der Waals surface area contributed by atoms with Crippen molar-refractivity contribution >= 4 is 29.1 Å². The van der Waals surface area contributed by atoms with Gasteiger partial charge in [0.05, 0.1) is 18.6 Å². The summed E-state index contributed by atoms with van der Waals surface area (Å²) in [7, 11) is 1.73. The van der Waals surface area contributed by atoms with Gasteiger partial charge in [-0.25, -0.2) is 0 Å². The minimum atomic E-state index is -0.475. The van der Waals surface area contributed by atoms with Crippen molar-refractivity contribution < 1.29 is 14.3 Å². The Morgan fingerprint density at radius 3 is 2.78 bits per heavy atom. The number of nitrogens with one attached hydrogen (secondary N) is 1. The molecule has 1 fully saturated rings. The molecule has 0 aromatic heterocycles. The van der Waals surface area contributed by atoms with Crippen LogP contribution < -0.4 is 5.32 Å². The van der Waals surface area contributed by atoms with Crippen molar-refractivity contribution in [2.45, 2.75) is 26.0 Å². The summed E-state index contributed by atoms with van der Waals surface area (Å²) >= 11 is 6.11. The predicted octanol–water partition coefficient (Wildman–Crippen LogP) is 4.03. The fourth-order valence-corrected chi connectivity index (χ4v) is 3.64. The van der Waals surface area contributed by atoms with E-state index in [-0.39, 0.29) is 24.3 Å². The standard InChI is InChI=1S/C21H23ClN2O3/c1-3-27-13-14-6-4-9-17(10-14)23-21(26)18-12-19(25)24(2)20(18)15-7-5-8-16(22)11-15/h4-11,18,20H,3,12-13H2,1-2H3,(H,23,26). The summed E-state index contributed by atoms with van der Waals surface area (Å²) in [5, 5.41) is 3.54. The van der Waals surface area contributed by atoms with Crippen LogP contribution in [0.1, 0.15) is 30.5 Å². The Kier molecular flexibility index (Phi) is 6.14. The first-order valence-corrected chi connectivity index (χ1v) is 9.36. The van der Waals surface area contributed by atoms with Gasteiger partial charge in [-0.2, -0.15) is 0 Å². The molecule has 3 rings (SSSR count). The summed E-state index contributed by atoms with van der Waals surface area (Å²) < 4.78 is 5.42. The van der Waals surface area contributed by atoms with Crippen LogP contribution in [0.3, 0.4) is 0 Å². The van der Waals surface area contributed by atoms with Crippen molar-refractivity contribution in [1.29, 1.82) is 0 Å². The largest absolute Gasteiger partial charge is 0.377 e. The fourth-order valence-electron chi connectivity index (χ4n) is 3.45. The average molecular weight is 387 g/mol. The second kappa shape index (κ2) is 8.55.